The average molecular weight is 292 g/mol. The highest BCUT2D eigenvalue weighted by atomic mass is 17.1. The summed E-state index contributed by atoms with van der Waals surface area (Å²) in [7, 11) is 1.18. The van der Waals surface area contributed by atoms with Crippen LogP contribution in [0.5, 0.6) is 0 Å². The lowest BCUT2D eigenvalue weighted by molar-refractivity contribution is -0.214. The monoisotopic (exact) mass is 292 g/mol. The molecule has 0 radical (unpaired) electrons. The highest BCUT2D eigenvalue weighted by Gasteiger charge is 1.85. The van der Waals surface area contributed by atoms with Crippen molar-refractivity contribution in [2.45, 2.75) is 28.7 Å². The molecule has 3 heteroatoms. The molecule has 0 heterocycles. The van der Waals surface area contributed by atoms with Crippen molar-refractivity contribution in [2.75, 3.05) is 7.11 Å². The van der Waals surface area contributed by atoms with Crippen LogP contribution in [-0.4, -0.2) is 18.7 Å². The molecule has 2 aromatic rings. The molecule has 2 rings (SSSR count). The second-order valence-electron chi connectivity index (χ2n) is 3.87. The summed E-state index contributed by atoms with van der Waals surface area (Å²) >= 11 is 0. The maximum Gasteiger partial charge on any atom is 0.150 e. The Morgan fingerprint density at radius 3 is 1.52 bits per heavy atom. The molecule has 0 saturated heterocycles. The van der Waals surface area contributed by atoms with Crippen LogP contribution in [0.2, 0.25) is 0 Å². The largest absolute Gasteiger partial charge is 0.298 e. The first kappa shape index (κ1) is 24.1. The van der Waals surface area contributed by atoms with E-state index in [1.54, 1.807) is 0 Å². The van der Waals surface area contributed by atoms with Gasteiger partial charge in [-0.3, -0.25) is 10.1 Å². The summed E-state index contributed by atoms with van der Waals surface area (Å²) in [6.45, 7) is 4.08. The van der Waals surface area contributed by atoms with Crippen LogP contribution in [0, 0.1) is 13.8 Å². The van der Waals surface area contributed by atoms with Crippen LogP contribution >= 0.6 is 0 Å². The topological polar surface area (TPSA) is 46.5 Å². The molecule has 0 fully saturated rings. The second-order valence-corrected chi connectivity index (χ2v) is 3.87. The summed E-state index contributed by atoms with van der Waals surface area (Å²) in [5, 5.41) is 7.07. The smallest absolute Gasteiger partial charge is 0.150 e. The van der Waals surface area contributed by atoms with E-state index in [9.17, 15) is 4.79 Å². The molecule has 21 heavy (non-hydrogen) atoms. The lowest BCUT2D eigenvalue weighted by atomic mass is 10.2. The van der Waals surface area contributed by atoms with E-state index >= 15 is 0 Å². The van der Waals surface area contributed by atoms with Gasteiger partial charge < -0.3 is 0 Å². The summed E-state index contributed by atoms with van der Waals surface area (Å²) < 4.78 is 0. The van der Waals surface area contributed by atoms with E-state index in [4.69, 9.17) is 5.26 Å². The lowest BCUT2D eigenvalue weighted by Gasteiger charge is -1.89. The number of hydrogen-bond donors (Lipinski definition) is 1. The second kappa shape index (κ2) is 16.1. The van der Waals surface area contributed by atoms with Crippen molar-refractivity contribution in [1.82, 2.24) is 0 Å². The summed E-state index contributed by atoms with van der Waals surface area (Å²) in [6.07, 6.45) is 0.847. The maximum absolute atomic E-state index is 10.1. The minimum absolute atomic E-state index is 0. The molecule has 1 N–H and O–H groups in total. The molecule has 0 saturated carbocycles. The number of hydrogen-bond acceptors (Lipinski definition) is 3. The van der Waals surface area contributed by atoms with Gasteiger partial charge in [0.2, 0.25) is 0 Å². The predicted molar refractivity (Wildman–Crippen MR) is 90.8 cm³/mol. The van der Waals surface area contributed by atoms with Gasteiger partial charge in [0.05, 0.1) is 7.11 Å². The Labute approximate surface area is 129 Å². The minimum Gasteiger partial charge on any atom is -0.298 e. The lowest BCUT2D eigenvalue weighted by Crippen LogP contribution is -1.77. The van der Waals surface area contributed by atoms with E-state index in [0.717, 1.165) is 11.8 Å². The van der Waals surface area contributed by atoms with Crippen molar-refractivity contribution < 1.29 is 14.9 Å². The molecular weight excluding hydrogens is 264 g/mol. The fraction of sp³-hybridized carbons (Fsp3) is 0.278. The summed E-state index contributed by atoms with van der Waals surface area (Å²) in [6, 6.07) is 17.7. The van der Waals surface area contributed by atoms with Crippen LogP contribution in [0.1, 0.15) is 36.3 Å². The van der Waals surface area contributed by atoms with Gasteiger partial charge in [-0.25, -0.2) is 4.89 Å². The van der Waals surface area contributed by atoms with E-state index in [-0.39, 0.29) is 14.9 Å². The molecule has 118 valence electrons. The number of carbonyl (C=O) groups is 1. The zero-order chi connectivity index (χ0) is 14.5. The van der Waals surface area contributed by atoms with E-state index in [1.807, 2.05) is 49.4 Å². The van der Waals surface area contributed by atoms with Crippen molar-refractivity contribution in [2.24, 2.45) is 0 Å². The molecule has 0 amide bonds. The number of benzene rings is 2. The molecule has 0 aliphatic rings. The quantitative estimate of drug-likeness (QED) is 0.447. The first-order chi connectivity index (χ1) is 9.13. The Balaban J connectivity index is -0.000000245. The third-order valence-electron chi connectivity index (χ3n) is 2.15. The molecule has 0 atom stereocenters. The van der Waals surface area contributed by atoms with Gasteiger partial charge in [-0.05, 0) is 13.8 Å². The van der Waals surface area contributed by atoms with Crippen molar-refractivity contribution >= 4 is 6.29 Å². The number of aryl methyl sites for hydroxylation is 2. The Hall–Kier alpha value is -1.97. The van der Waals surface area contributed by atoms with E-state index < -0.39 is 0 Å². The van der Waals surface area contributed by atoms with Crippen molar-refractivity contribution in [3.8, 4) is 0 Å². The van der Waals surface area contributed by atoms with Gasteiger partial charge in [-0.2, -0.15) is 0 Å². The van der Waals surface area contributed by atoms with Crippen LogP contribution in [0.4, 0.5) is 0 Å². The predicted octanol–water partition coefficient (Wildman–Crippen LogP) is 5.18. The van der Waals surface area contributed by atoms with Gasteiger partial charge in [0, 0.05) is 5.56 Å². The fourth-order valence-electron chi connectivity index (χ4n) is 1.18. The standard InChI is InChI=1S/C8H8O.C7H8.CH4O2.2CH4/c1-7-2-4-8(6-9)5-3-7;1-7-5-3-2-4-6-7;1-3-2;;/h2-6H,1H3;2-6H,1H3;2H,1H3;2*1H4. The van der Waals surface area contributed by atoms with Gasteiger partial charge >= 0.3 is 0 Å². The van der Waals surface area contributed by atoms with Gasteiger partial charge in [0.25, 0.3) is 0 Å². The highest BCUT2D eigenvalue weighted by molar-refractivity contribution is 5.74. The summed E-state index contributed by atoms with van der Waals surface area (Å²) in [5.41, 5.74) is 3.24. The molecule has 0 aliphatic heterocycles. The third kappa shape index (κ3) is 14.3. The van der Waals surface area contributed by atoms with Crippen LogP contribution in [0.15, 0.2) is 54.6 Å². The van der Waals surface area contributed by atoms with Crippen molar-refractivity contribution in [3.63, 3.8) is 0 Å². The Morgan fingerprint density at radius 2 is 1.24 bits per heavy atom. The molecule has 2 aromatic carbocycles. The van der Waals surface area contributed by atoms with E-state index in [1.165, 1.54) is 18.2 Å². The molecule has 0 bridgehead atoms. The van der Waals surface area contributed by atoms with Crippen molar-refractivity contribution in [1.29, 1.82) is 0 Å². The first-order valence-corrected chi connectivity index (χ1v) is 5.85. The molecule has 0 spiro atoms. The Bertz CT molecular complexity index is 436. The van der Waals surface area contributed by atoms with Gasteiger partial charge in [-0.15, -0.1) is 0 Å². The molecule has 0 aromatic heterocycles. The zero-order valence-corrected chi connectivity index (χ0v) is 11.5. The summed E-state index contributed by atoms with van der Waals surface area (Å²) in [5.74, 6) is 0. The minimum atomic E-state index is 0. The number of carbonyl (C=O) groups excluding carboxylic acids is 1. The highest BCUT2D eigenvalue weighted by Crippen LogP contribution is 1.98. The van der Waals surface area contributed by atoms with Gasteiger partial charge in [0.1, 0.15) is 6.29 Å². The summed E-state index contributed by atoms with van der Waals surface area (Å²) in [4.78, 5) is 13.4. The van der Waals surface area contributed by atoms with E-state index in [0.29, 0.717) is 0 Å². The van der Waals surface area contributed by atoms with Gasteiger partial charge in [0.15, 0.2) is 0 Å². The Morgan fingerprint density at radius 1 is 0.857 bits per heavy atom. The normalized spacial score (nSPS) is 7.62. The van der Waals surface area contributed by atoms with Crippen LogP contribution in [-0.2, 0) is 4.89 Å². The first-order valence-electron chi connectivity index (χ1n) is 5.85. The maximum atomic E-state index is 10.1. The molecule has 0 unspecified atom stereocenters. The number of rotatable bonds is 1. The molecule has 0 aliphatic carbocycles. The van der Waals surface area contributed by atoms with E-state index in [2.05, 4.69) is 23.9 Å². The SMILES string of the molecule is C.C.COO.Cc1ccc(C=O)cc1.Cc1ccccc1. The van der Waals surface area contributed by atoms with Crippen LogP contribution in [0.25, 0.3) is 0 Å². The fourth-order valence-corrected chi connectivity index (χ4v) is 1.18. The van der Waals surface area contributed by atoms with Crippen LogP contribution < -0.4 is 0 Å². The van der Waals surface area contributed by atoms with Crippen LogP contribution in [0.3, 0.4) is 0 Å². The average Bonchev–Trinajstić information content (AvgIpc) is 2.42. The third-order valence-corrected chi connectivity index (χ3v) is 2.15. The molecular formula is C18H28O3. The van der Waals surface area contributed by atoms with Crippen molar-refractivity contribution in [3.05, 3.63) is 71.3 Å². The van der Waals surface area contributed by atoms with Gasteiger partial charge in [-0.1, -0.05) is 80.6 Å². The molecule has 3 nitrogen and oxygen atoms in total. The zero-order valence-electron chi connectivity index (χ0n) is 11.5. The number of aldehydes is 1. The Kier molecular flexibility index (Phi) is 18.4.